The predicted octanol–water partition coefficient (Wildman–Crippen LogP) is 3.22. The Labute approximate surface area is 97.4 Å². The molecule has 1 aliphatic heterocycles. The molecule has 1 saturated carbocycles. The van der Waals surface area contributed by atoms with Crippen LogP contribution in [-0.4, -0.2) is 6.54 Å². The van der Waals surface area contributed by atoms with E-state index in [0.29, 0.717) is 0 Å². The van der Waals surface area contributed by atoms with Gasteiger partial charge in [0.2, 0.25) is 0 Å². The second-order valence-electron chi connectivity index (χ2n) is 5.62. The fraction of sp³-hybridized carbons (Fsp3) is 0.714. The maximum atomic E-state index is 5.58. The van der Waals surface area contributed by atoms with Gasteiger partial charge in [-0.3, -0.25) is 0 Å². The SMILES string of the molecule is CC1(CC2CCCC2)NCCc2occc21. The van der Waals surface area contributed by atoms with Gasteiger partial charge in [-0.05, 0) is 25.3 Å². The van der Waals surface area contributed by atoms with Gasteiger partial charge in [-0.15, -0.1) is 0 Å². The van der Waals surface area contributed by atoms with Crippen molar-refractivity contribution in [3.63, 3.8) is 0 Å². The van der Waals surface area contributed by atoms with Gasteiger partial charge in [-0.1, -0.05) is 25.7 Å². The molecule has 0 aromatic carbocycles. The second kappa shape index (κ2) is 3.92. The molecule has 2 heterocycles. The van der Waals surface area contributed by atoms with Crippen LogP contribution in [0.25, 0.3) is 0 Å². The van der Waals surface area contributed by atoms with Crippen molar-refractivity contribution in [1.82, 2.24) is 5.32 Å². The van der Waals surface area contributed by atoms with E-state index in [0.717, 1.165) is 18.9 Å². The van der Waals surface area contributed by atoms with Crippen molar-refractivity contribution in [1.29, 1.82) is 0 Å². The minimum atomic E-state index is 0.162. The van der Waals surface area contributed by atoms with Gasteiger partial charge >= 0.3 is 0 Å². The summed E-state index contributed by atoms with van der Waals surface area (Å²) in [5.74, 6) is 2.12. The minimum Gasteiger partial charge on any atom is -0.469 e. The summed E-state index contributed by atoms with van der Waals surface area (Å²) in [5, 5.41) is 3.70. The van der Waals surface area contributed by atoms with Crippen LogP contribution in [0.15, 0.2) is 16.7 Å². The lowest BCUT2D eigenvalue weighted by Gasteiger charge is -2.36. The van der Waals surface area contributed by atoms with Gasteiger partial charge in [0.15, 0.2) is 0 Å². The van der Waals surface area contributed by atoms with E-state index in [9.17, 15) is 0 Å². The quantitative estimate of drug-likeness (QED) is 0.826. The summed E-state index contributed by atoms with van der Waals surface area (Å²) >= 11 is 0. The average molecular weight is 219 g/mol. The van der Waals surface area contributed by atoms with E-state index >= 15 is 0 Å². The number of fused-ring (bicyclic) bond motifs is 1. The van der Waals surface area contributed by atoms with Crippen LogP contribution in [0.5, 0.6) is 0 Å². The smallest absolute Gasteiger partial charge is 0.110 e. The lowest BCUT2D eigenvalue weighted by atomic mass is 9.80. The van der Waals surface area contributed by atoms with Crippen LogP contribution in [-0.2, 0) is 12.0 Å². The normalized spacial score (nSPS) is 30.6. The molecule has 88 valence electrons. The summed E-state index contributed by atoms with van der Waals surface area (Å²) in [6, 6.07) is 2.16. The first-order valence-corrected chi connectivity index (χ1v) is 6.60. The third-order valence-corrected chi connectivity index (χ3v) is 4.38. The standard InChI is InChI=1S/C14H21NO/c1-14(10-11-4-2-3-5-11)12-7-9-16-13(12)6-8-15-14/h7,9,11,15H,2-6,8,10H2,1H3. The first kappa shape index (κ1) is 10.4. The Morgan fingerprint density at radius 2 is 2.25 bits per heavy atom. The molecule has 2 heteroatoms. The monoisotopic (exact) mass is 219 g/mol. The van der Waals surface area contributed by atoms with Crippen LogP contribution >= 0.6 is 0 Å². The Kier molecular flexibility index (Phi) is 2.55. The average Bonchev–Trinajstić information content (AvgIpc) is 2.88. The highest BCUT2D eigenvalue weighted by molar-refractivity contribution is 5.29. The van der Waals surface area contributed by atoms with Gasteiger partial charge in [-0.25, -0.2) is 0 Å². The zero-order valence-corrected chi connectivity index (χ0v) is 10.1. The summed E-state index contributed by atoms with van der Waals surface area (Å²) in [5.41, 5.74) is 1.57. The largest absolute Gasteiger partial charge is 0.469 e. The minimum absolute atomic E-state index is 0.162. The number of nitrogens with one attached hydrogen (secondary N) is 1. The molecule has 2 aliphatic rings. The van der Waals surface area contributed by atoms with E-state index in [1.807, 2.05) is 6.26 Å². The van der Waals surface area contributed by atoms with Crippen LogP contribution in [0, 0.1) is 5.92 Å². The lowest BCUT2D eigenvalue weighted by molar-refractivity contribution is 0.258. The molecule has 1 aromatic heterocycles. The third kappa shape index (κ3) is 1.69. The number of rotatable bonds is 2. The Hall–Kier alpha value is -0.760. The van der Waals surface area contributed by atoms with E-state index in [1.165, 1.54) is 43.4 Å². The second-order valence-corrected chi connectivity index (χ2v) is 5.62. The van der Waals surface area contributed by atoms with Crippen molar-refractivity contribution in [2.45, 2.75) is 51.0 Å². The van der Waals surface area contributed by atoms with E-state index in [-0.39, 0.29) is 5.54 Å². The molecule has 0 bridgehead atoms. The molecule has 1 unspecified atom stereocenters. The highest BCUT2D eigenvalue weighted by Gasteiger charge is 2.36. The molecular weight excluding hydrogens is 198 g/mol. The van der Waals surface area contributed by atoms with Crippen LogP contribution in [0.3, 0.4) is 0 Å². The van der Waals surface area contributed by atoms with Crippen LogP contribution in [0.2, 0.25) is 0 Å². The van der Waals surface area contributed by atoms with Crippen molar-refractivity contribution in [3.8, 4) is 0 Å². The molecule has 0 spiro atoms. The van der Waals surface area contributed by atoms with E-state index in [4.69, 9.17) is 4.42 Å². The van der Waals surface area contributed by atoms with Crippen molar-refractivity contribution >= 4 is 0 Å². The maximum Gasteiger partial charge on any atom is 0.110 e. The predicted molar refractivity (Wildman–Crippen MR) is 64.3 cm³/mol. The van der Waals surface area contributed by atoms with Gasteiger partial charge in [-0.2, -0.15) is 0 Å². The molecule has 0 radical (unpaired) electrons. The van der Waals surface area contributed by atoms with Gasteiger partial charge in [0.25, 0.3) is 0 Å². The Morgan fingerprint density at radius 1 is 1.44 bits per heavy atom. The van der Waals surface area contributed by atoms with E-state index in [1.54, 1.807) is 0 Å². The Balaban J connectivity index is 1.82. The van der Waals surface area contributed by atoms with Crippen LogP contribution in [0.4, 0.5) is 0 Å². The molecule has 1 aromatic rings. The third-order valence-electron chi connectivity index (χ3n) is 4.38. The van der Waals surface area contributed by atoms with Gasteiger partial charge in [0.1, 0.15) is 5.76 Å². The number of furan rings is 1. The van der Waals surface area contributed by atoms with Gasteiger partial charge in [0.05, 0.1) is 6.26 Å². The summed E-state index contributed by atoms with van der Waals surface area (Å²) in [6.45, 7) is 3.41. The zero-order chi connectivity index (χ0) is 11.0. The fourth-order valence-corrected chi connectivity index (χ4v) is 3.55. The fourth-order valence-electron chi connectivity index (χ4n) is 3.55. The first-order chi connectivity index (χ1) is 7.78. The highest BCUT2D eigenvalue weighted by atomic mass is 16.3. The maximum absolute atomic E-state index is 5.58. The van der Waals surface area contributed by atoms with E-state index in [2.05, 4.69) is 18.3 Å². The Bertz CT molecular complexity index is 365. The molecule has 1 fully saturated rings. The first-order valence-electron chi connectivity index (χ1n) is 6.60. The molecule has 3 rings (SSSR count). The van der Waals surface area contributed by atoms with Crippen molar-refractivity contribution in [2.75, 3.05) is 6.54 Å². The summed E-state index contributed by atoms with van der Waals surface area (Å²) in [6.07, 6.45) is 9.87. The molecule has 1 aliphatic carbocycles. The highest BCUT2D eigenvalue weighted by Crippen LogP contribution is 2.39. The van der Waals surface area contributed by atoms with Crippen molar-refractivity contribution in [2.24, 2.45) is 5.92 Å². The molecule has 2 nitrogen and oxygen atoms in total. The van der Waals surface area contributed by atoms with Gasteiger partial charge < -0.3 is 9.73 Å². The summed E-state index contributed by atoms with van der Waals surface area (Å²) in [4.78, 5) is 0. The molecular formula is C14H21NO. The van der Waals surface area contributed by atoms with E-state index < -0.39 is 0 Å². The molecule has 16 heavy (non-hydrogen) atoms. The lowest BCUT2D eigenvalue weighted by Crippen LogP contribution is -2.45. The molecule has 1 atom stereocenters. The molecule has 0 amide bonds. The Morgan fingerprint density at radius 3 is 3.06 bits per heavy atom. The topological polar surface area (TPSA) is 25.2 Å². The molecule has 0 saturated heterocycles. The zero-order valence-electron chi connectivity index (χ0n) is 10.1. The van der Waals surface area contributed by atoms with Gasteiger partial charge in [0, 0.05) is 24.1 Å². The summed E-state index contributed by atoms with van der Waals surface area (Å²) in [7, 11) is 0. The van der Waals surface area contributed by atoms with Crippen molar-refractivity contribution in [3.05, 3.63) is 23.7 Å². The number of hydrogen-bond donors (Lipinski definition) is 1. The van der Waals surface area contributed by atoms with Crippen LogP contribution < -0.4 is 5.32 Å². The van der Waals surface area contributed by atoms with Crippen molar-refractivity contribution < 1.29 is 4.42 Å². The molecule has 1 N–H and O–H groups in total. The number of hydrogen-bond acceptors (Lipinski definition) is 2. The van der Waals surface area contributed by atoms with Crippen LogP contribution in [0.1, 0.15) is 50.4 Å². The summed E-state index contributed by atoms with van der Waals surface area (Å²) < 4.78 is 5.58.